The van der Waals surface area contributed by atoms with Crippen molar-refractivity contribution in [2.75, 3.05) is 26.2 Å². The van der Waals surface area contributed by atoms with Crippen LogP contribution in [-0.2, 0) is 29.6 Å². The number of esters is 1. The number of hydrogen-bond acceptors (Lipinski definition) is 8. The fourth-order valence-electron chi connectivity index (χ4n) is 3.00. The van der Waals surface area contributed by atoms with Gasteiger partial charge >= 0.3 is 5.97 Å². The van der Waals surface area contributed by atoms with E-state index in [4.69, 9.17) is 9.88 Å². The highest BCUT2D eigenvalue weighted by atomic mass is 32.2. The van der Waals surface area contributed by atoms with Crippen LogP contribution in [-0.4, -0.2) is 70.2 Å². The van der Waals surface area contributed by atoms with E-state index in [0.29, 0.717) is 0 Å². The second kappa shape index (κ2) is 9.04. The van der Waals surface area contributed by atoms with Crippen molar-refractivity contribution >= 4 is 43.3 Å². The van der Waals surface area contributed by atoms with E-state index in [-0.39, 0.29) is 40.8 Å². The molecule has 1 unspecified atom stereocenters. The Balaban J connectivity index is 1.58. The van der Waals surface area contributed by atoms with Gasteiger partial charge in [-0.25, -0.2) is 26.8 Å². The number of sulfonamides is 2. The van der Waals surface area contributed by atoms with E-state index in [1.165, 1.54) is 33.6 Å². The van der Waals surface area contributed by atoms with Gasteiger partial charge in [0, 0.05) is 31.6 Å². The number of benzene rings is 1. The van der Waals surface area contributed by atoms with Crippen molar-refractivity contribution in [1.82, 2.24) is 9.21 Å². The Morgan fingerprint density at radius 3 is 2.23 bits per heavy atom. The Morgan fingerprint density at radius 2 is 1.68 bits per heavy atom. The Morgan fingerprint density at radius 1 is 1.06 bits per heavy atom. The van der Waals surface area contributed by atoms with Gasteiger partial charge in [-0.1, -0.05) is 18.2 Å². The van der Waals surface area contributed by atoms with Gasteiger partial charge in [0.1, 0.15) is 4.21 Å². The van der Waals surface area contributed by atoms with Gasteiger partial charge in [-0.05, 0) is 25.1 Å². The summed E-state index contributed by atoms with van der Waals surface area (Å²) >= 11 is 0.777. The number of nitrogens with two attached hydrogens (primary N) is 1. The maximum atomic E-state index is 12.7. The summed E-state index contributed by atoms with van der Waals surface area (Å²) in [5.74, 6) is -1.32. The van der Waals surface area contributed by atoms with Gasteiger partial charge in [0.2, 0.25) is 20.0 Å². The largest absolute Gasteiger partial charge is 0.449 e. The van der Waals surface area contributed by atoms with Crippen LogP contribution in [0.4, 0.5) is 0 Å². The van der Waals surface area contributed by atoms with E-state index >= 15 is 0 Å². The quantitative estimate of drug-likeness (QED) is 0.583. The highest BCUT2D eigenvalue weighted by Crippen LogP contribution is 2.21. The molecule has 168 valence electrons. The summed E-state index contributed by atoms with van der Waals surface area (Å²) in [6, 6.07) is 9.13. The number of carbonyl (C=O) groups is 2. The molecule has 0 aliphatic carbocycles. The van der Waals surface area contributed by atoms with Gasteiger partial charge in [0.05, 0.1) is 10.5 Å². The number of piperazine rings is 1. The molecule has 1 aliphatic rings. The van der Waals surface area contributed by atoms with Crippen molar-refractivity contribution in [3.05, 3.63) is 47.3 Å². The van der Waals surface area contributed by atoms with Crippen molar-refractivity contribution in [2.24, 2.45) is 5.14 Å². The second-order valence-electron chi connectivity index (χ2n) is 6.79. The highest BCUT2D eigenvalue weighted by Gasteiger charge is 2.32. The smallest absolute Gasteiger partial charge is 0.339 e. The molecule has 0 radical (unpaired) electrons. The summed E-state index contributed by atoms with van der Waals surface area (Å²) in [5.41, 5.74) is -0.0209. The van der Waals surface area contributed by atoms with Gasteiger partial charge in [0.15, 0.2) is 6.10 Å². The molecule has 0 saturated carbocycles. The van der Waals surface area contributed by atoms with Gasteiger partial charge in [0.25, 0.3) is 5.91 Å². The number of rotatable bonds is 6. The van der Waals surface area contributed by atoms with Crippen LogP contribution in [0.25, 0.3) is 0 Å². The molecule has 31 heavy (non-hydrogen) atoms. The predicted octanol–water partition coefficient (Wildman–Crippen LogP) is 0.474. The average molecular weight is 488 g/mol. The molecule has 13 heteroatoms. The summed E-state index contributed by atoms with van der Waals surface area (Å²) in [5, 5.41) is 6.30. The lowest BCUT2D eigenvalue weighted by atomic mass is 10.3. The van der Waals surface area contributed by atoms with Crippen LogP contribution in [0.3, 0.4) is 0 Å². The van der Waals surface area contributed by atoms with Crippen LogP contribution < -0.4 is 5.14 Å². The van der Waals surface area contributed by atoms with Crippen LogP contribution >= 0.6 is 11.3 Å². The molecule has 3 rings (SSSR count). The molecule has 1 aliphatic heterocycles. The molecule has 1 fully saturated rings. The first-order valence-electron chi connectivity index (χ1n) is 9.16. The molecule has 1 atom stereocenters. The summed E-state index contributed by atoms with van der Waals surface area (Å²) in [7, 11) is -7.58. The molecular weight excluding hydrogens is 466 g/mol. The first kappa shape index (κ1) is 23.3. The number of carbonyl (C=O) groups excluding carboxylic acids is 2. The lowest BCUT2D eigenvalue weighted by Crippen LogP contribution is -2.52. The van der Waals surface area contributed by atoms with Crippen molar-refractivity contribution in [3.8, 4) is 0 Å². The fraction of sp³-hybridized carbons (Fsp3) is 0.333. The zero-order valence-electron chi connectivity index (χ0n) is 16.5. The van der Waals surface area contributed by atoms with Gasteiger partial charge < -0.3 is 9.64 Å². The molecule has 1 aromatic heterocycles. The van der Waals surface area contributed by atoms with Crippen molar-refractivity contribution in [1.29, 1.82) is 0 Å². The van der Waals surface area contributed by atoms with Gasteiger partial charge in [-0.2, -0.15) is 4.31 Å². The molecule has 2 aromatic rings. The van der Waals surface area contributed by atoms with Gasteiger partial charge in [-0.3, -0.25) is 4.79 Å². The number of ether oxygens (including phenoxy) is 1. The third kappa shape index (κ3) is 5.30. The molecule has 1 saturated heterocycles. The van der Waals surface area contributed by atoms with E-state index in [1.807, 2.05) is 0 Å². The molecule has 2 heterocycles. The molecule has 0 spiro atoms. The van der Waals surface area contributed by atoms with Crippen LogP contribution in [0.5, 0.6) is 0 Å². The van der Waals surface area contributed by atoms with Crippen LogP contribution in [0.2, 0.25) is 0 Å². The Labute approximate surface area is 184 Å². The SMILES string of the molecule is CC(OC(=O)c1csc(S(N)(=O)=O)c1)C(=O)N1CCN(S(=O)(=O)c2ccccc2)CC1. The summed E-state index contributed by atoms with van der Waals surface area (Å²) < 4.78 is 54.3. The van der Waals surface area contributed by atoms with Crippen molar-refractivity contribution < 1.29 is 31.2 Å². The Hall–Kier alpha value is -2.32. The number of hydrogen-bond donors (Lipinski definition) is 1. The summed E-state index contributed by atoms with van der Waals surface area (Å²) in [6.45, 7) is 1.94. The highest BCUT2D eigenvalue weighted by molar-refractivity contribution is 7.91. The molecule has 1 aromatic carbocycles. The van der Waals surface area contributed by atoms with Crippen LogP contribution in [0.1, 0.15) is 17.3 Å². The monoisotopic (exact) mass is 487 g/mol. The third-order valence-corrected chi connectivity index (χ3v) is 8.95. The van der Waals surface area contributed by atoms with Crippen LogP contribution in [0, 0.1) is 0 Å². The van der Waals surface area contributed by atoms with E-state index in [2.05, 4.69) is 0 Å². The first-order chi connectivity index (χ1) is 14.5. The normalized spacial score (nSPS) is 16.6. The Kier molecular flexibility index (Phi) is 6.81. The third-order valence-electron chi connectivity index (χ3n) is 4.65. The lowest BCUT2D eigenvalue weighted by molar-refractivity contribution is -0.141. The summed E-state index contributed by atoms with van der Waals surface area (Å²) in [6.07, 6.45) is -1.12. The van der Waals surface area contributed by atoms with Gasteiger partial charge in [-0.15, -0.1) is 11.3 Å². The van der Waals surface area contributed by atoms with E-state index in [1.54, 1.807) is 18.2 Å². The molecule has 10 nitrogen and oxygen atoms in total. The number of thiophene rings is 1. The number of nitrogens with zero attached hydrogens (tertiary/aromatic N) is 2. The van der Waals surface area contributed by atoms with Crippen LogP contribution in [0.15, 0.2) is 50.9 Å². The molecule has 2 N–H and O–H groups in total. The Bertz CT molecular complexity index is 1170. The minimum Gasteiger partial charge on any atom is -0.449 e. The standard InChI is InChI=1S/C18H21N3O7S3/c1-13(28-18(23)14-11-16(29-12-14)30(19,24)25)17(22)20-7-9-21(10-8-20)31(26,27)15-5-3-2-4-6-15/h2-6,11-13H,7-10H2,1H3,(H2,19,24,25). The minimum absolute atomic E-state index is 0.0209. The van der Waals surface area contributed by atoms with Crippen molar-refractivity contribution in [2.45, 2.75) is 22.1 Å². The number of primary sulfonamides is 1. The fourth-order valence-corrected chi connectivity index (χ4v) is 6.02. The number of amides is 1. The molecular formula is C18H21N3O7S3. The lowest BCUT2D eigenvalue weighted by Gasteiger charge is -2.35. The zero-order chi connectivity index (χ0) is 22.8. The maximum absolute atomic E-state index is 12.7. The van der Waals surface area contributed by atoms with E-state index in [0.717, 1.165) is 17.4 Å². The first-order valence-corrected chi connectivity index (χ1v) is 13.0. The minimum atomic E-state index is -3.93. The molecule has 1 amide bonds. The van der Waals surface area contributed by atoms with E-state index in [9.17, 15) is 26.4 Å². The average Bonchev–Trinajstić information content (AvgIpc) is 3.25. The molecule has 0 bridgehead atoms. The van der Waals surface area contributed by atoms with E-state index < -0.39 is 38.0 Å². The topological polar surface area (TPSA) is 144 Å². The second-order valence-corrected chi connectivity index (χ2v) is 11.4. The zero-order valence-corrected chi connectivity index (χ0v) is 19.0. The van der Waals surface area contributed by atoms with Crippen molar-refractivity contribution in [3.63, 3.8) is 0 Å². The summed E-state index contributed by atoms with van der Waals surface area (Å²) in [4.78, 5) is 26.5. The predicted molar refractivity (Wildman–Crippen MR) is 112 cm³/mol. The maximum Gasteiger partial charge on any atom is 0.339 e.